The van der Waals surface area contributed by atoms with Gasteiger partial charge < -0.3 is 10.2 Å². The van der Waals surface area contributed by atoms with E-state index in [0.717, 1.165) is 19.5 Å². The van der Waals surface area contributed by atoms with Crippen LogP contribution in [0.25, 0.3) is 0 Å². The van der Waals surface area contributed by atoms with Gasteiger partial charge in [0.1, 0.15) is 0 Å². The molecule has 3 heteroatoms. The Morgan fingerprint density at radius 3 is 2.80 bits per heavy atom. The Labute approximate surface area is 120 Å². The average Bonchev–Trinajstić information content (AvgIpc) is 2.48. The van der Waals surface area contributed by atoms with E-state index in [9.17, 15) is 0 Å². The Balaban J connectivity index is 1.98. The first-order valence-electron chi connectivity index (χ1n) is 7.18. The molecule has 0 amide bonds. The second-order valence-electron chi connectivity index (χ2n) is 5.47. The van der Waals surface area contributed by atoms with Crippen molar-refractivity contribution in [3.05, 3.63) is 59.4 Å². The SMILES string of the molecule is CNCC1Cc2ccccc2CN1c1ccncc1C. The zero-order valence-corrected chi connectivity index (χ0v) is 12.1. The maximum Gasteiger partial charge on any atom is 0.0458 e. The Bertz CT molecular complexity index is 594. The minimum Gasteiger partial charge on any atom is -0.362 e. The molecular weight excluding hydrogens is 246 g/mol. The minimum atomic E-state index is 0.496. The van der Waals surface area contributed by atoms with Crippen LogP contribution >= 0.6 is 0 Å². The highest BCUT2D eigenvalue weighted by Gasteiger charge is 2.26. The zero-order chi connectivity index (χ0) is 13.9. The van der Waals surface area contributed by atoms with Crippen LogP contribution in [0.3, 0.4) is 0 Å². The molecule has 0 saturated carbocycles. The summed E-state index contributed by atoms with van der Waals surface area (Å²) in [4.78, 5) is 6.72. The largest absolute Gasteiger partial charge is 0.362 e. The second-order valence-corrected chi connectivity index (χ2v) is 5.47. The second kappa shape index (κ2) is 5.63. The number of nitrogens with zero attached hydrogens (tertiary/aromatic N) is 2. The molecule has 3 rings (SSSR count). The number of nitrogens with one attached hydrogen (secondary N) is 1. The maximum atomic E-state index is 4.21. The van der Waals surface area contributed by atoms with Crippen LogP contribution in [0.5, 0.6) is 0 Å². The summed E-state index contributed by atoms with van der Waals surface area (Å²) in [6.45, 7) is 4.11. The van der Waals surface area contributed by atoms with E-state index in [1.807, 2.05) is 19.4 Å². The highest BCUT2D eigenvalue weighted by molar-refractivity contribution is 5.55. The number of rotatable bonds is 3. The van der Waals surface area contributed by atoms with Crippen LogP contribution in [-0.4, -0.2) is 24.6 Å². The van der Waals surface area contributed by atoms with E-state index >= 15 is 0 Å². The molecule has 1 aromatic heterocycles. The van der Waals surface area contributed by atoms with Crippen molar-refractivity contribution in [1.29, 1.82) is 0 Å². The van der Waals surface area contributed by atoms with Gasteiger partial charge in [-0.05, 0) is 43.1 Å². The molecule has 0 radical (unpaired) electrons. The molecule has 2 heterocycles. The fraction of sp³-hybridized carbons (Fsp3) is 0.353. The van der Waals surface area contributed by atoms with Crippen LogP contribution in [0.2, 0.25) is 0 Å². The fourth-order valence-electron chi connectivity index (χ4n) is 3.08. The number of anilines is 1. The summed E-state index contributed by atoms with van der Waals surface area (Å²) < 4.78 is 0. The van der Waals surface area contributed by atoms with E-state index in [2.05, 4.69) is 52.5 Å². The molecule has 1 aliphatic rings. The van der Waals surface area contributed by atoms with Crippen molar-refractivity contribution >= 4 is 5.69 Å². The molecule has 20 heavy (non-hydrogen) atoms. The smallest absolute Gasteiger partial charge is 0.0458 e. The molecule has 0 spiro atoms. The molecule has 1 N–H and O–H groups in total. The number of aryl methyl sites for hydroxylation is 1. The Morgan fingerprint density at radius 1 is 1.25 bits per heavy atom. The fourth-order valence-corrected chi connectivity index (χ4v) is 3.08. The normalized spacial score (nSPS) is 17.9. The van der Waals surface area contributed by atoms with Crippen molar-refractivity contribution in [1.82, 2.24) is 10.3 Å². The number of hydrogen-bond donors (Lipinski definition) is 1. The van der Waals surface area contributed by atoms with Crippen LogP contribution < -0.4 is 10.2 Å². The van der Waals surface area contributed by atoms with Crippen molar-refractivity contribution in [3.8, 4) is 0 Å². The lowest BCUT2D eigenvalue weighted by Gasteiger charge is -2.39. The monoisotopic (exact) mass is 267 g/mol. The van der Waals surface area contributed by atoms with Crippen LogP contribution in [0, 0.1) is 6.92 Å². The molecule has 3 nitrogen and oxygen atoms in total. The predicted octanol–water partition coefficient (Wildman–Crippen LogP) is 2.54. The third-order valence-corrected chi connectivity index (χ3v) is 4.10. The number of pyridine rings is 1. The number of aromatic nitrogens is 1. The van der Waals surface area contributed by atoms with E-state index in [4.69, 9.17) is 0 Å². The van der Waals surface area contributed by atoms with Gasteiger partial charge in [-0.2, -0.15) is 0 Å². The van der Waals surface area contributed by atoms with Crippen LogP contribution in [-0.2, 0) is 13.0 Å². The maximum absolute atomic E-state index is 4.21. The minimum absolute atomic E-state index is 0.496. The van der Waals surface area contributed by atoms with Crippen LogP contribution in [0.1, 0.15) is 16.7 Å². The Hall–Kier alpha value is -1.87. The van der Waals surface area contributed by atoms with Gasteiger partial charge in [-0.15, -0.1) is 0 Å². The lowest BCUT2D eigenvalue weighted by atomic mass is 9.93. The summed E-state index contributed by atoms with van der Waals surface area (Å²) in [5.41, 5.74) is 5.47. The van der Waals surface area contributed by atoms with Crippen molar-refractivity contribution in [3.63, 3.8) is 0 Å². The van der Waals surface area contributed by atoms with Crippen molar-refractivity contribution < 1.29 is 0 Å². The molecular formula is C17H21N3. The lowest BCUT2D eigenvalue weighted by Crippen LogP contribution is -2.46. The van der Waals surface area contributed by atoms with Crippen LogP contribution in [0.4, 0.5) is 5.69 Å². The number of likely N-dealkylation sites (N-methyl/N-ethyl adjacent to an activating group) is 1. The molecule has 1 aliphatic heterocycles. The van der Waals surface area contributed by atoms with Gasteiger partial charge in [0.05, 0.1) is 0 Å². The summed E-state index contributed by atoms with van der Waals surface area (Å²) in [5.74, 6) is 0. The summed E-state index contributed by atoms with van der Waals surface area (Å²) in [5, 5.41) is 3.33. The molecule has 1 aromatic carbocycles. The highest BCUT2D eigenvalue weighted by atomic mass is 15.2. The average molecular weight is 267 g/mol. The molecule has 104 valence electrons. The Morgan fingerprint density at radius 2 is 2.05 bits per heavy atom. The van der Waals surface area contributed by atoms with E-state index < -0.39 is 0 Å². The quantitative estimate of drug-likeness (QED) is 0.926. The molecule has 0 saturated heterocycles. The standard InChI is InChI=1S/C17H21N3/c1-13-10-19-8-7-17(13)20-12-15-6-4-3-5-14(15)9-16(20)11-18-2/h3-8,10,16,18H,9,11-12H2,1-2H3. The van der Waals surface area contributed by atoms with Crippen LogP contribution in [0.15, 0.2) is 42.7 Å². The van der Waals surface area contributed by atoms with E-state index in [1.165, 1.54) is 22.4 Å². The van der Waals surface area contributed by atoms with Crippen molar-refractivity contribution in [2.24, 2.45) is 0 Å². The molecule has 0 bridgehead atoms. The van der Waals surface area contributed by atoms with Gasteiger partial charge >= 0.3 is 0 Å². The van der Waals surface area contributed by atoms with E-state index in [1.54, 1.807) is 0 Å². The molecule has 0 aliphatic carbocycles. The van der Waals surface area contributed by atoms with Gasteiger partial charge in [0, 0.05) is 37.2 Å². The van der Waals surface area contributed by atoms with E-state index in [-0.39, 0.29) is 0 Å². The van der Waals surface area contributed by atoms with E-state index in [0.29, 0.717) is 6.04 Å². The predicted molar refractivity (Wildman–Crippen MR) is 83.0 cm³/mol. The van der Waals surface area contributed by atoms with Gasteiger partial charge in [0.2, 0.25) is 0 Å². The topological polar surface area (TPSA) is 28.2 Å². The summed E-state index contributed by atoms with van der Waals surface area (Å²) in [6.07, 6.45) is 4.93. The molecule has 1 unspecified atom stereocenters. The highest BCUT2D eigenvalue weighted by Crippen LogP contribution is 2.29. The lowest BCUT2D eigenvalue weighted by molar-refractivity contribution is 0.527. The van der Waals surface area contributed by atoms with Gasteiger partial charge in [-0.1, -0.05) is 24.3 Å². The third-order valence-electron chi connectivity index (χ3n) is 4.10. The third kappa shape index (κ3) is 2.41. The number of hydrogen-bond acceptors (Lipinski definition) is 3. The van der Waals surface area contributed by atoms with Crippen molar-refractivity contribution in [2.45, 2.75) is 25.9 Å². The summed E-state index contributed by atoms with van der Waals surface area (Å²) >= 11 is 0. The first-order chi connectivity index (χ1) is 9.79. The number of fused-ring (bicyclic) bond motifs is 1. The molecule has 1 atom stereocenters. The van der Waals surface area contributed by atoms with Gasteiger partial charge in [-0.3, -0.25) is 4.98 Å². The zero-order valence-electron chi connectivity index (χ0n) is 12.1. The molecule has 0 fully saturated rings. The first-order valence-corrected chi connectivity index (χ1v) is 7.18. The Kier molecular flexibility index (Phi) is 3.70. The van der Waals surface area contributed by atoms with Gasteiger partial charge in [-0.25, -0.2) is 0 Å². The summed E-state index contributed by atoms with van der Waals surface area (Å²) in [6, 6.07) is 11.4. The van der Waals surface area contributed by atoms with Gasteiger partial charge in [0.25, 0.3) is 0 Å². The number of benzene rings is 1. The summed E-state index contributed by atoms with van der Waals surface area (Å²) in [7, 11) is 2.03. The van der Waals surface area contributed by atoms with Gasteiger partial charge in [0.15, 0.2) is 0 Å². The molecule has 2 aromatic rings. The van der Waals surface area contributed by atoms with Crippen molar-refractivity contribution in [2.75, 3.05) is 18.5 Å². The first kappa shape index (κ1) is 13.1.